The molecule has 2 aromatic heterocycles. The number of methoxy groups -OCH3 is 1. The van der Waals surface area contributed by atoms with Crippen LogP contribution in [-0.2, 0) is 0 Å². The van der Waals surface area contributed by atoms with Crippen LogP contribution in [0.1, 0.15) is 17.2 Å². The Morgan fingerprint density at radius 3 is 2.84 bits per heavy atom. The van der Waals surface area contributed by atoms with Gasteiger partial charge in [0.05, 0.1) is 13.2 Å². The molecule has 3 aromatic rings. The Labute approximate surface area is 121 Å². The highest BCUT2D eigenvalue weighted by Gasteiger charge is 2.14. The number of benzene rings is 1. The second-order valence-corrected chi connectivity index (χ2v) is 4.97. The van der Waals surface area contributed by atoms with E-state index in [1.807, 2.05) is 29.8 Å². The lowest BCUT2D eigenvalue weighted by atomic mass is 10.0. The fourth-order valence-electron chi connectivity index (χ4n) is 2.14. The molecule has 3 N–H and O–H groups in total. The van der Waals surface area contributed by atoms with Gasteiger partial charge in [0, 0.05) is 17.1 Å². The Morgan fingerprint density at radius 1 is 1.32 bits per heavy atom. The molecule has 1 atom stereocenters. The van der Waals surface area contributed by atoms with Crippen molar-refractivity contribution in [3.05, 3.63) is 52.3 Å². The molecule has 0 fully saturated rings. The number of rotatable bonds is 3. The summed E-state index contributed by atoms with van der Waals surface area (Å²) < 4.78 is 5.26. The van der Waals surface area contributed by atoms with Gasteiger partial charge in [0.2, 0.25) is 0 Å². The lowest BCUT2D eigenvalue weighted by Gasteiger charge is -2.09. The van der Waals surface area contributed by atoms with Gasteiger partial charge in [-0.2, -0.15) is 11.3 Å². The van der Waals surface area contributed by atoms with Crippen LogP contribution < -0.4 is 10.5 Å². The third-order valence-corrected chi connectivity index (χ3v) is 3.86. The Hall–Kier alpha value is -1.49. The molecule has 19 heavy (non-hydrogen) atoms. The molecule has 100 valence electrons. The molecule has 3 rings (SSSR count). The van der Waals surface area contributed by atoms with E-state index in [1.165, 1.54) is 0 Å². The topological polar surface area (TPSA) is 51.0 Å². The standard InChI is InChI=1S/C14H14N2OS.ClH/c1-17-10-2-3-13-11(6-10)12(7-16-13)14(15)9-4-5-18-8-9;/h2-8,14,16H,15H2,1H3;1H/t14-;/m0./s1. The molecule has 1 aromatic carbocycles. The number of nitrogens with two attached hydrogens (primary N) is 1. The van der Waals surface area contributed by atoms with Crippen LogP contribution in [0.25, 0.3) is 10.9 Å². The molecule has 0 aliphatic heterocycles. The fraction of sp³-hybridized carbons (Fsp3) is 0.143. The molecule has 0 aliphatic rings. The molecular weight excluding hydrogens is 280 g/mol. The maximum Gasteiger partial charge on any atom is 0.119 e. The van der Waals surface area contributed by atoms with E-state index >= 15 is 0 Å². The van der Waals surface area contributed by atoms with Crippen LogP contribution >= 0.6 is 23.7 Å². The van der Waals surface area contributed by atoms with Crippen molar-refractivity contribution in [3.8, 4) is 5.75 Å². The average Bonchev–Trinajstić information content (AvgIpc) is 3.06. The smallest absolute Gasteiger partial charge is 0.119 e. The molecule has 5 heteroatoms. The first-order chi connectivity index (χ1) is 8.79. The number of hydrogen-bond acceptors (Lipinski definition) is 3. The first-order valence-corrected chi connectivity index (χ1v) is 6.66. The molecule has 0 spiro atoms. The highest BCUT2D eigenvalue weighted by molar-refractivity contribution is 7.08. The summed E-state index contributed by atoms with van der Waals surface area (Å²) >= 11 is 1.66. The first kappa shape index (κ1) is 13.9. The molecule has 0 bridgehead atoms. The van der Waals surface area contributed by atoms with Gasteiger partial charge < -0.3 is 15.5 Å². The monoisotopic (exact) mass is 294 g/mol. The van der Waals surface area contributed by atoms with Gasteiger partial charge in [-0.25, -0.2) is 0 Å². The van der Waals surface area contributed by atoms with Crippen LogP contribution in [0.2, 0.25) is 0 Å². The summed E-state index contributed by atoms with van der Waals surface area (Å²) in [5.41, 5.74) is 9.63. The van der Waals surface area contributed by atoms with Gasteiger partial charge in [0.25, 0.3) is 0 Å². The Bertz CT molecular complexity index is 663. The van der Waals surface area contributed by atoms with Crippen molar-refractivity contribution in [1.82, 2.24) is 4.98 Å². The number of thiophene rings is 1. The number of aromatic nitrogens is 1. The zero-order valence-corrected chi connectivity index (χ0v) is 12.1. The highest BCUT2D eigenvalue weighted by atomic mass is 35.5. The van der Waals surface area contributed by atoms with E-state index < -0.39 is 0 Å². The lowest BCUT2D eigenvalue weighted by Crippen LogP contribution is -2.10. The van der Waals surface area contributed by atoms with E-state index in [0.717, 1.165) is 27.8 Å². The van der Waals surface area contributed by atoms with Gasteiger partial charge in [0.1, 0.15) is 5.75 Å². The number of H-pyrrole nitrogens is 1. The summed E-state index contributed by atoms with van der Waals surface area (Å²) in [5, 5.41) is 5.25. The number of hydrogen-bond donors (Lipinski definition) is 2. The van der Waals surface area contributed by atoms with Gasteiger partial charge in [0.15, 0.2) is 0 Å². The summed E-state index contributed by atoms with van der Waals surface area (Å²) in [5.74, 6) is 0.848. The summed E-state index contributed by atoms with van der Waals surface area (Å²) in [6.45, 7) is 0. The third-order valence-electron chi connectivity index (χ3n) is 3.16. The van der Waals surface area contributed by atoms with Crippen molar-refractivity contribution in [2.24, 2.45) is 5.73 Å². The van der Waals surface area contributed by atoms with Crippen LogP contribution in [-0.4, -0.2) is 12.1 Å². The van der Waals surface area contributed by atoms with Gasteiger partial charge in [-0.1, -0.05) is 0 Å². The van der Waals surface area contributed by atoms with E-state index in [1.54, 1.807) is 18.4 Å². The van der Waals surface area contributed by atoms with Crippen molar-refractivity contribution in [2.75, 3.05) is 7.11 Å². The number of nitrogens with one attached hydrogen (secondary N) is 1. The zero-order valence-electron chi connectivity index (χ0n) is 10.4. The van der Waals surface area contributed by atoms with Gasteiger partial charge in [-0.3, -0.25) is 0 Å². The number of fused-ring (bicyclic) bond motifs is 1. The summed E-state index contributed by atoms with van der Waals surface area (Å²) in [4.78, 5) is 3.25. The van der Waals surface area contributed by atoms with Crippen LogP contribution in [0.5, 0.6) is 5.75 Å². The molecule has 0 saturated heterocycles. The summed E-state index contributed by atoms with van der Waals surface area (Å²) in [6.07, 6.45) is 1.98. The molecular formula is C14H15ClN2OS. The molecule has 0 saturated carbocycles. The van der Waals surface area contributed by atoms with Crippen LogP contribution in [0, 0.1) is 0 Å². The number of aromatic amines is 1. The van der Waals surface area contributed by atoms with Crippen molar-refractivity contribution in [1.29, 1.82) is 0 Å². The fourth-order valence-corrected chi connectivity index (χ4v) is 2.83. The van der Waals surface area contributed by atoms with E-state index in [2.05, 4.69) is 16.4 Å². The van der Waals surface area contributed by atoms with E-state index in [9.17, 15) is 0 Å². The molecule has 0 aliphatic carbocycles. The summed E-state index contributed by atoms with van der Waals surface area (Å²) in [6, 6.07) is 7.94. The SMILES string of the molecule is COc1ccc2[nH]cc([C@@H](N)c3ccsc3)c2c1.Cl. The van der Waals surface area contributed by atoms with Crippen LogP contribution in [0.4, 0.5) is 0 Å². The first-order valence-electron chi connectivity index (χ1n) is 5.72. The zero-order chi connectivity index (χ0) is 12.5. The minimum atomic E-state index is -0.0999. The van der Waals surface area contributed by atoms with Crippen molar-refractivity contribution in [2.45, 2.75) is 6.04 Å². The van der Waals surface area contributed by atoms with E-state index in [0.29, 0.717) is 0 Å². The Kier molecular flexibility index (Phi) is 4.14. The molecule has 0 unspecified atom stereocenters. The minimum absolute atomic E-state index is 0. The van der Waals surface area contributed by atoms with Crippen LogP contribution in [0.3, 0.4) is 0 Å². The van der Waals surface area contributed by atoms with Gasteiger partial charge in [-0.05, 0) is 46.2 Å². The predicted octanol–water partition coefficient (Wildman–Crippen LogP) is 3.71. The van der Waals surface area contributed by atoms with E-state index in [-0.39, 0.29) is 18.4 Å². The minimum Gasteiger partial charge on any atom is -0.497 e. The van der Waals surface area contributed by atoms with Gasteiger partial charge >= 0.3 is 0 Å². The van der Waals surface area contributed by atoms with Crippen molar-refractivity contribution < 1.29 is 4.74 Å². The second kappa shape index (κ2) is 5.65. The quantitative estimate of drug-likeness (QED) is 0.774. The Morgan fingerprint density at radius 2 is 2.16 bits per heavy atom. The Balaban J connectivity index is 0.00000133. The molecule has 2 heterocycles. The second-order valence-electron chi connectivity index (χ2n) is 4.19. The van der Waals surface area contributed by atoms with Crippen LogP contribution in [0.15, 0.2) is 41.2 Å². The predicted molar refractivity (Wildman–Crippen MR) is 82.4 cm³/mol. The summed E-state index contributed by atoms with van der Waals surface area (Å²) in [7, 11) is 1.67. The number of ether oxygens (including phenoxy) is 1. The molecule has 0 radical (unpaired) electrons. The largest absolute Gasteiger partial charge is 0.497 e. The lowest BCUT2D eigenvalue weighted by molar-refractivity contribution is 0.415. The molecule has 3 nitrogen and oxygen atoms in total. The molecule has 0 amide bonds. The number of halogens is 1. The highest BCUT2D eigenvalue weighted by Crippen LogP contribution is 2.30. The average molecular weight is 295 g/mol. The van der Waals surface area contributed by atoms with Crippen molar-refractivity contribution in [3.63, 3.8) is 0 Å². The maximum atomic E-state index is 6.31. The van der Waals surface area contributed by atoms with Crippen molar-refractivity contribution >= 4 is 34.6 Å². The van der Waals surface area contributed by atoms with Gasteiger partial charge in [-0.15, -0.1) is 12.4 Å². The maximum absolute atomic E-state index is 6.31. The third kappa shape index (κ3) is 2.47. The van der Waals surface area contributed by atoms with E-state index in [4.69, 9.17) is 10.5 Å². The normalized spacial score (nSPS) is 12.1.